The predicted octanol–water partition coefficient (Wildman–Crippen LogP) is 2.31. The van der Waals surface area contributed by atoms with E-state index in [0.29, 0.717) is 55.5 Å². The molecule has 28 heavy (non-hydrogen) atoms. The molecule has 0 saturated carbocycles. The Balaban J connectivity index is 1.35. The minimum absolute atomic E-state index is 0.106. The second-order valence-corrected chi connectivity index (χ2v) is 6.87. The molecule has 2 aliphatic heterocycles. The number of carbonyl (C=O) groups is 2. The molecule has 146 valence electrons. The molecule has 1 fully saturated rings. The zero-order valence-electron chi connectivity index (χ0n) is 15.3. The Morgan fingerprint density at radius 1 is 1.14 bits per heavy atom. The summed E-state index contributed by atoms with van der Waals surface area (Å²) in [6.07, 6.45) is 0.560. The van der Waals surface area contributed by atoms with Crippen LogP contribution in [0, 0.1) is 11.7 Å². The van der Waals surface area contributed by atoms with E-state index in [1.165, 1.54) is 6.07 Å². The van der Waals surface area contributed by atoms with Gasteiger partial charge in [0.1, 0.15) is 19.0 Å². The van der Waals surface area contributed by atoms with Crippen molar-refractivity contribution in [2.75, 3.05) is 31.2 Å². The van der Waals surface area contributed by atoms with Gasteiger partial charge in [-0.05, 0) is 30.2 Å². The summed E-state index contributed by atoms with van der Waals surface area (Å²) < 4.78 is 24.7. The number of nitrogens with zero attached hydrogens (tertiary/aromatic N) is 1. The van der Waals surface area contributed by atoms with Gasteiger partial charge in [-0.1, -0.05) is 18.2 Å². The largest absolute Gasteiger partial charge is 0.486 e. The highest BCUT2D eigenvalue weighted by atomic mass is 19.1. The monoisotopic (exact) mass is 384 g/mol. The molecule has 0 bridgehead atoms. The molecule has 2 heterocycles. The SMILES string of the molecule is O=C(NCCc1ccccc1F)[C@@H]1CC(=O)N(c2ccc3c(c2)OCCO3)C1. The third-order valence-corrected chi connectivity index (χ3v) is 4.98. The van der Waals surface area contributed by atoms with Crippen LogP contribution in [-0.2, 0) is 16.0 Å². The summed E-state index contributed by atoms with van der Waals surface area (Å²) in [5.41, 5.74) is 1.25. The first-order chi connectivity index (χ1) is 13.6. The van der Waals surface area contributed by atoms with E-state index in [9.17, 15) is 14.0 Å². The fourth-order valence-corrected chi connectivity index (χ4v) is 3.50. The van der Waals surface area contributed by atoms with Crippen molar-refractivity contribution in [3.8, 4) is 11.5 Å². The van der Waals surface area contributed by atoms with E-state index < -0.39 is 5.92 Å². The van der Waals surface area contributed by atoms with E-state index in [1.807, 2.05) is 0 Å². The van der Waals surface area contributed by atoms with Crippen LogP contribution >= 0.6 is 0 Å². The molecule has 0 aromatic heterocycles. The first-order valence-electron chi connectivity index (χ1n) is 9.33. The summed E-state index contributed by atoms with van der Waals surface area (Å²) in [5, 5.41) is 2.81. The number of nitrogens with one attached hydrogen (secondary N) is 1. The van der Waals surface area contributed by atoms with E-state index in [4.69, 9.17) is 9.47 Å². The molecular weight excluding hydrogens is 363 g/mol. The Morgan fingerprint density at radius 3 is 2.75 bits per heavy atom. The van der Waals surface area contributed by atoms with Gasteiger partial charge >= 0.3 is 0 Å². The Labute approximate surface area is 162 Å². The molecule has 0 unspecified atom stereocenters. The van der Waals surface area contributed by atoms with Crippen LogP contribution in [0.25, 0.3) is 0 Å². The van der Waals surface area contributed by atoms with Gasteiger partial charge in [0.25, 0.3) is 0 Å². The predicted molar refractivity (Wildman–Crippen MR) is 101 cm³/mol. The van der Waals surface area contributed by atoms with E-state index >= 15 is 0 Å². The van der Waals surface area contributed by atoms with Crippen LogP contribution in [-0.4, -0.2) is 38.1 Å². The third kappa shape index (κ3) is 3.78. The van der Waals surface area contributed by atoms with Crippen LogP contribution in [0.2, 0.25) is 0 Å². The van der Waals surface area contributed by atoms with Gasteiger partial charge in [-0.15, -0.1) is 0 Å². The Bertz CT molecular complexity index is 902. The van der Waals surface area contributed by atoms with Crippen LogP contribution in [0.5, 0.6) is 11.5 Å². The summed E-state index contributed by atoms with van der Waals surface area (Å²) in [7, 11) is 0. The normalized spacial score (nSPS) is 18.2. The van der Waals surface area contributed by atoms with Crippen LogP contribution in [0.1, 0.15) is 12.0 Å². The third-order valence-electron chi connectivity index (χ3n) is 4.98. The number of amides is 2. The summed E-state index contributed by atoms with van der Waals surface area (Å²) in [6.45, 7) is 1.61. The van der Waals surface area contributed by atoms with Gasteiger partial charge in [0.05, 0.1) is 5.92 Å². The van der Waals surface area contributed by atoms with E-state index in [1.54, 1.807) is 41.3 Å². The van der Waals surface area contributed by atoms with Crippen LogP contribution in [0.3, 0.4) is 0 Å². The highest BCUT2D eigenvalue weighted by Gasteiger charge is 2.35. The van der Waals surface area contributed by atoms with Gasteiger partial charge in [-0.2, -0.15) is 0 Å². The van der Waals surface area contributed by atoms with Gasteiger partial charge in [0, 0.05) is 31.3 Å². The smallest absolute Gasteiger partial charge is 0.227 e. The maximum Gasteiger partial charge on any atom is 0.227 e. The quantitative estimate of drug-likeness (QED) is 0.859. The lowest BCUT2D eigenvalue weighted by Gasteiger charge is -2.22. The summed E-state index contributed by atoms with van der Waals surface area (Å²) in [6, 6.07) is 11.8. The number of fused-ring (bicyclic) bond motifs is 1. The average molecular weight is 384 g/mol. The second-order valence-electron chi connectivity index (χ2n) is 6.87. The number of hydrogen-bond donors (Lipinski definition) is 1. The van der Waals surface area contributed by atoms with Gasteiger partial charge in [-0.3, -0.25) is 9.59 Å². The number of halogens is 1. The molecule has 2 aliphatic rings. The average Bonchev–Trinajstić information content (AvgIpc) is 3.11. The first-order valence-corrected chi connectivity index (χ1v) is 9.33. The highest BCUT2D eigenvalue weighted by Crippen LogP contribution is 2.35. The van der Waals surface area contributed by atoms with Gasteiger partial charge in [-0.25, -0.2) is 4.39 Å². The van der Waals surface area contributed by atoms with Crippen molar-refractivity contribution in [3.05, 3.63) is 53.8 Å². The molecule has 4 rings (SSSR count). The van der Waals surface area contributed by atoms with Gasteiger partial charge in [0.15, 0.2) is 11.5 Å². The van der Waals surface area contributed by atoms with Crippen molar-refractivity contribution < 1.29 is 23.5 Å². The highest BCUT2D eigenvalue weighted by molar-refractivity contribution is 6.00. The van der Waals surface area contributed by atoms with Gasteiger partial charge in [0.2, 0.25) is 11.8 Å². The van der Waals surface area contributed by atoms with Crippen LogP contribution < -0.4 is 19.7 Å². The minimum Gasteiger partial charge on any atom is -0.486 e. The van der Waals surface area contributed by atoms with Crippen molar-refractivity contribution >= 4 is 17.5 Å². The summed E-state index contributed by atoms with van der Waals surface area (Å²) >= 11 is 0. The first kappa shape index (κ1) is 18.3. The van der Waals surface area contributed by atoms with E-state index in [2.05, 4.69) is 5.32 Å². The van der Waals surface area contributed by atoms with Crippen LogP contribution in [0.15, 0.2) is 42.5 Å². The maximum atomic E-state index is 13.6. The number of carbonyl (C=O) groups excluding carboxylic acids is 2. The molecule has 6 nitrogen and oxygen atoms in total. The molecule has 1 N–H and O–H groups in total. The molecule has 2 aromatic carbocycles. The Hall–Kier alpha value is -3.09. The molecule has 1 saturated heterocycles. The lowest BCUT2D eigenvalue weighted by Crippen LogP contribution is -2.34. The maximum absolute atomic E-state index is 13.6. The number of hydrogen-bond acceptors (Lipinski definition) is 4. The fraction of sp³-hybridized carbons (Fsp3) is 0.333. The molecule has 0 radical (unpaired) electrons. The molecule has 0 spiro atoms. The lowest BCUT2D eigenvalue weighted by atomic mass is 10.1. The standard InChI is InChI=1S/C21H21FN2O4/c22-17-4-2-1-3-14(17)7-8-23-21(26)15-11-20(25)24(13-15)16-5-6-18-19(12-16)28-10-9-27-18/h1-6,12,15H,7-11,13H2,(H,23,26)/t15-/m1/s1. The molecular formula is C21H21FN2O4. The lowest BCUT2D eigenvalue weighted by molar-refractivity contribution is -0.126. The van der Waals surface area contributed by atoms with E-state index in [0.717, 1.165) is 0 Å². The van der Waals surface area contributed by atoms with Gasteiger partial charge < -0.3 is 19.7 Å². The van der Waals surface area contributed by atoms with Crippen molar-refractivity contribution in [3.63, 3.8) is 0 Å². The zero-order chi connectivity index (χ0) is 19.5. The molecule has 7 heteroatoms. The minimum atomic E-state index is -0.429. The Kier molecular flexibility index (Phi) is 5.14. The number of rotatable bonds is 5. The topological polar surface area (TPSA) is 67.9 Å². The summed E-state index contributed by atoms with van der Waals surface area (Å²) in [5.74, 6) is 0.257. The number of anilines is 1. The van der Waals surface area contributed by atoms with Crippen molar-refractivity contribution in [1.82, 2.24) is 5.32 Å². The fourth-order valence-electron chi connectivity index (χ4n) is 3.50. The molecule has 0 aliphatic carbocycles. The molecule has 2 aromatic rings. The zero-order valence-corrected chi connectivity index (χ0v) is 15.3. The van der Waals surface area contributed by atoms with E-state index in [-0.39, 0.29) is 24.1 Å². The van der Waals surface area contributed by atoms with Crippen LogP contribution in [0.4, 0.5) is 10.1 Å². The van der Waals surface area contributed by atoms with Crippen molar-refractivity contribution in [1.29, 1.82) is 0 Å². The molecule has 2 amide bonds. The molecule has 1 atom stereocenters. The van der Waals surface area contributed by atoms with Crippen molar-refractivity contribution in [2.24, 2.45) is 5.92 Å². The number of ether oxygens (including phenoxy) is 2. The number of benzene rings is 2. The summed E-state index contributed by atoms with van der Waals surface area (Å²) in [4.78, 5) is 26.5. The second kappa shape index (κ2) is 7.88. The Morgan fingerprint density at radius 2 is 1.93 bits per heavy atom. The van der Waals surface area contributed by atoms with Crippen molar-refractivity contribution in [2.45, 2.75) is 12.8 Å².